The molecule has 2 unspecified atom stereocenters. The largest absolute Gasteiger partial charge is 0.300 e. The van der Waals surface area contributed by atoms with Gasteiger partial charge in [0, 0.05) is 6.04 Å². The Bertz CT molecular complexity index is 519. The van der Waals surface area contributed by atoms with E-state index in [0.29, 0.717) is 0 Å². The zero-order chi connectivity index (χ0) is 13.7. The molecule has 0 bridgehead atoms. The average molecular weight is 255 g/mol. The number of halogens is 1. The lowest BCUT2D eigenvalue weighted by atomic mass is 9.98. The Morgan fingerprint density at radius 3 is 2.16 bits per heavy atom. The summed E-state index contributed by atoms with van der Waals surface area (Å²) in [5, 5.41) is 3.48. The van der Waals surface area contributed by atoms with Gasteiger partial charge in [0.15, 0.2) is 0 Å². The van der Waals surface area contributed by atoms with Gasteiger partial charge in [0.1, 0.15) is 5.82 Å². The summed E-state index contributed by atoms with van der Waals surface area (Å²) in [6.45, 7) is 5.84. The molecule has 0 aliphatic rings. The molecule has 1 nitrogen and oxygen atoms in total. The molecule has 0 spiro atoms. The minimum atomic E-state index is -0.215. The predicted octanol–water partition coefficient (Wildman–Crippen LogP) is 4.08. The summed E-state index contributed by atoms with van der Waals surface area (Å²) < 4.78 is 13.0. The lowest BCUT2D eigenvalue weighted by Crippen LogP contribution is -2.29. The molecular weight excluding hydrogens is 237 g/mol. The van der Waals surface area contributed by atoms with E-state index in [1.165, 1.54) is 12.1 Å². The molecule has 0 saturated heterocycles. The summed E-state index contributed by atoms with van der Waals surface area (Å²) in [6.07, 6.45) is 1.86. The Kier molecular flexibility index (Phi) is 4.48. The SMILES string of the molecule is C=CC(C)NC(c1ccccc1)c1ccc(F)cc1. The number of nitrogens with one attached hydrogen (secondary N) is 1. The maximum absolute atomic E-state index is 13.0. The zero-order valence-electron chi connectivity index (χ0n) is 11.0. The van der Waals surface area contributed by atoms with E-state index in [2.05, 4.69) is 24.0 Å². The van der Waals surface area contributed by atoms with Crippen LogP contribution in [0.4, 0.5) is 4.39 Å². The first-order valence-corrected chi connectivity index (χ1v) is 6.39. The van der Waals surface area contributed by atoms with Crippen LogP contribution in [-0.2, 0) is 0 Å². The van der Waals surface area contributed by atoms with Crippen LogP contribution in [0.25, 0.3) is 0 Å². The van der Waals surface area contributed by atoms with Crippen molar-refractivity contribution in [1.29, 1.82) is 0 Å². The summed E-state index contributed by atoms with van der Waals surface area (Å²) in [5.74, 6) is -0.215. The van der Waals surface area contributed by atoms with Gasteiger partial charge >= 0.3 is 0 Å². The van der Waals surface area contributed by atoms with E-state index in [9.17, 15) is 4.39 Å². The molecule has 0 aromatic heterocycles. The van der Waals surface area contributed by atoms with Gasteiger partial charge < -0.3 is 5.32 Å². The van der Waals surface area contributed by atoms with Gasteiger partial charge in [-0.1, -0.05) is 48.5 Å². The van der Waals surface area contributed by atoms with E-state index < -0.39 is 0 Å². The van der Waals surface area contributed by atoms with Gasteiger partial charge in [0.2, 0.25) is 0 Å². The Labute approximate surface area is 113 Å². The maximum atomic E-state index is 13.0. The molecule has 98 valence electrons. The van der Waals surface area contributed by atoms with E-state index in [1.807, 2.05) is 43.3 Å². The van der Waals surface area contributed by atoms with Gasteiger partial charge in [-0.3, -0.25) is 0 Å². The van der Waals surface area contributed by atoms with E-state index in [-0.39, 0.29) is 17.9 Å². The van der Waals surface area contributed by atoms with E-state index in [4.69, 9.17) is 0 Å². The molecule has 0 aliphatic carbocycles. The molecule has 0 saturated carbocycles. The lowest BCUT2D eigenvalue weighted by Gasteiger charge is -2.22. The molecule has 1 N–H and O–H groups in total. The lowest BCUT2D eigenvalue weighted by molar-refractivity contribution is 0.560. The van der Waals surface area contributed by atoms with Crippen molar-refractivity contribution in [2.75, 3.05) is 0 Å². The second-order valence-electron chi connectivity index (χ2n) is 4.59. The fourth-order valence-electron chi connectivity index (χ4n) is 2.02. The highest BCUT2D eigenvalue weighted by molar-refractivity contribution is 5.32. The van der Waals surface area contributed by atoms with Gasteiger partial charge in [-0.25, -0.2) is 4.39 Å². The minimum absolute atomic E-state index is 0.0369. The second-order valence-corrected chi connectivity index (χ2v) is 4.59. The van der Waals surface area contributed by atoms with Gasteiger partial charge in [-0.2, -0.15) is 0 Å². The van der Waals surface area contributed by atoms with Crippen LogP contribution in [0, 0.1) is 5.82 Å². The third-order valence-corrected chi connectivity index (χ3v) is 3.12. The number of rotatable bonds is 5. The number of hydrogen-bond acceptors (Lipinski definition) is 1. The molecule has 19 heavy (non-hydrogen) atoms. The quantitative estimate of drug-likeness (QED) is 0.794. The first kappa shape index (κ1) is 13.5. The highest BCUT2D eigenvalue weighted by atomic mass is 19.1. The van der Waals surface area contributed by atoms with Gasteiger partial charge in [0.05, 0.1) is 6.04 Å². The summed E-state index contributed by atoms with van der Waals surface area (Å²) >= 11 is 0. The molecule has 0 aliphatic heterocycles. The van der Waals surface area contributed by atoms with Crippen molar-refractivity contribution in [3.63, 3.8) is 0 Å². The number of hydrogen-bond donors (Lipinski definition) is 1. The molecular formula is C17H18FN. The first-order chi connectivity index (χ1) is 9.20. The van der Waals surface area contributed by atoms with E-state index in [1.54, 1.807) is 0 Å². The summed E-state index contributed by atoms with van der Waals surface area (Å²) in [4.78, 5) is 0. The van der Waals surface area contributed by atoms with Crippen LogP contribution in [-0.4, -0.2) is 6.04 Å². The van der Waals surface area contributed by atoms with Crippen molar-refractivity contribution in [2.45, 2.75) is 19.0 Å². The summed E-state index contributed by atoms with van der Waals surface area (Å²) in [5.41, 5.74) is 2.20. The van der Waals surface area contributed by atoms with Crippen molar-refractivity contribution in [3.8, 4) is 0 Å². The third-order valence-electron chi connectivity index (χ3n) is 3.12. The first-order valence-electron chi connectivity index (χ1n) is 6.39. The average Bonchev–Trinajstić information content (AvgIpc) is 2.46. The predicted molar refractivity (Wildman–Crippen MR) is 77.5 cm³/mol. The zero-order valence-corrected chi connectivity index (χ0v) is 11.0. The fourth-order valence-corrected chi connectivity index (χ4v) is 2.02. The second kappa shape index (κ2) is 6.30. The fraction of sp³-hybridized carbons (Fsp3) is 0.176. The van der Waals surface area contributed by atoms with Crippen molar-refractivity contribution in [1.82, 2.24) is 5.32 Å². The molecule has 2 heteroatoms. The van der Waals surface area contributed by atoms with Crippen LogP contribution in [0.15, 0.2) is 67.3 Å². The van der Waals surface area contributed by atoms with Crippen molar-refractivity contribution in [2.24, 2.45) is 0 Å². The topological polar surface area (TPSA) is 12.0 Å². The Morgan fingerprint density at radius 1 is 1.00 bits per heavy atom. The van der Waals surface area contributed by atoms with Gasteiger partial charge in [-0.15, -0.1) is 6.58 Å². The Morgan fingerprint density at radius 2 is 1.58 bits per heavy atom. The third kappa shape index (κ3) is 3.52. The molecule has 0 radical (unpaired) electrons. The van der Waals surface area contributed by atoms with Gasteiger partial charge in [0.25, 0.3) is 0 Å². The van der Waals surface area contributed by atoms with Crippen molar-refractivity contribution >= 4 is 0 Å². The molecule has 2 rings (SSSR count). The van der Waals surface area contributed by atoms with Crippen LogP contribution in [0.2, 0.25) is 0 Å². The van der Waals surface area contributed by atoms with Gasteiger partial charge in [-0.05, 0) is 30.2 Å². The van der Waals surface area contributed by atoms with E-state index >= 15 is 0 Å². The molecule has 2 atom stereocenters. The molecule has 2 aromatic rings. The number of benzene rings is 2. The monoisotopic (exact) mass is 255 g/mol. The van der Waals surface area contributed by atoms with Crippen molar-refractivity contribution < 1.29 is 4.39 Å². The van der Waals surface area contributed by atoms with Crippen LogP contribution >= 0.6 is 0 Å². The van der Waals surface area contributed by atoms with Crippen molar-refractivity contribution in [3.05, 3.63) is 84.2 Å². The molecule has 2 aromatic carbocycles. The Hall–Kier alpha value is -1.93. The van der Waals surface area contributed by atoms with E-state index in [0.717, 1.165) is 11.1 Å². The highest BCUT2D eigenvalue weighted by Crippen LogP contribution is 2.22. The van der Waals surface area contributed by atoms with Crippen LogP contribution in [0.3, 0.4) is 0 Å². The summed E-state index contributed by atoms with van der Waals surface area (Å²) in [6, 6.07) is 17.0. The van der Waals surface area contributed by atoms with Crippen LogP contribution in [0.5, 0.6) is 0 Å². The normalized spacial score (nSPS) is 13.8. The summed E-state index contributed by atoms with van der Waals surface area (Å²) in [7, 11) is 0. The Balaban J connectivity index is 2.34. The minimum Gasteiger partial charge on any atom is -0.300 e. The maximum Gasteiger partial charge on any atom is 0.123 e. The van der Waals surface area contributed by atoms with Crippen LogP contribution < -0.4 is 5.32 Å². The smallest absolute Gasteiger partial charge is 0.123 e. The standard InChI is InChI=1S/C17H18FN/c1-3-13(2)19-17(14-7-5-4-6-8-14)15-9-11-16(18)12-10-15/h3-13,17,19H,1H2,2H3. The molecule has 0 fully saturated rings. The molecule has 0 amide bonds. The molecule has 0 heterocycles. The highest BCUT2D eigenvalue weighted by Gasteiger charge is 2.15. The van der Waals surface area contributed by atoms with Crippen LogP contribution in [0.1, 0.15) is 24.1 Å².